The average Bonchev–Trinajstić information content (AvgIpc) is 2.88. The second-order valence-electron chi connectivity index (χ2n) is 5.94. The van der Waals surface area contributed by atoms with Crippen LogP contribution in [0, 0.1) is 5.82 Å². The van der Waals surface area contributed by atoms with Crippen LogP contribution in [0.15, 0.2) is 48.5 Å². The van der Waals surface area contributed by atoms with Crippen molar-refractivity contribution in [3.05, 3.63) is 65.5 Å². The molecule has 0 radical (unpaired) electrons. The maximum Gasteiger partial charge on any atom is 0.325 e. The highest BCUT2D eigenvalue weighted by atomic mass is 19.1. The highest BCUT2D eigenvalue weighted by Gasteiger charge is 2.51. The number of nitrogens with zero attached hydrogens (tertiary/aromatic N) is 1. The molecule has 25 heavy (non-hydrogen) atoms. The van der Waals surface area contributed by atoms with E-state index >= 15 is 0 Å². The summed E-state index contributed by atoms with van der Waals surface area (Å²) in [4.78, 5) is 26.6. The quantitative estimate of drug-likeness (QED) is 0.849. The number of carbonyl (C=O) groups is 2. The SMILES string of the molecule is CC[C@@]1(c2ccc(OC)cc2)NC(=O)N(Cc2ccc(F)cc2)C1=O. The Kier molecular flexibility index (Phi) is 4.44. The molecule has 1 atom stereocenters. The zero-order valence-corrected chi connectivity index (χ0v) is 14.1. The zero-order valence-electron chi connectivity index (χ0n) is 14.1. The van der Waals surface area contributed by atoms with Gasteiger partial charge in [-0.2, -0.15) is 0 Å². The number of benzene rings is 2. The summed E-state index contributed by atoms with van der Waals surface area (Å²) in [6.45, 7) is 1.95. The molecule has 0 bridgehead atoms. The van der Waals surface area contributed by atoms with E-state index < -0.39 is 11.6 Å². The van der Waals surface area contributed by atoms with Crippen LogP contribution in [0.25, 0.3) is 0 Å². The summed E-state index contributed by atoms with van der Waals surface area (Å²) >= 11 is 0. The van der Waals surface area contributed by atoms with Crippen molar-refractivity contribution in [3.63, 3.8) is 0 Å². The number of halogens is 1. The van der Waals surface area contributed by atoms with Crippen LogP contribution in [0.1, 0.15) is 24.5 Å². The number of rotatable bonds is 5. The average molecular weight is 342 g/mol. The maximum absolute atomic E-state index is 13.0. The molecule has 0 saturated carbocycles. The summed E-state index contributed by atoms with van der Waals surface area (Å²) in [6, 6.07) is 12.4. The van der Waals surface area contributed by atoms with Gasteiger partial charge in [0.25, 0.3) is 5.91 Å². The Morgan fingerprint density at radius 3 is 2.28 bits per heavy atom. The van der Waals surface area contributed by atoms with Crippen molar-refractivity contribution in [2.75, 3.05) is 7.11 Å². The van der Waals surface area contributed by atoms with Crippen molar-refractivity contribution in [3.8, 4) is 5.75 Å². The van der Waals surface area contributed by atoms with Crippen molar-refractivity contribution in [2.24, 2.45) is 0 Å². The molecular formula is C19H19FN2O3. The van der Waals surface area contributed by atoms with Gasteiger partial charge in [-0.3, -0.25) is 9.69 Å². The normalized spacial score (nSPS) is 19.9. The van der Waals surface area contributed by atoms with E-state index in [0.717, 1.165) is 0 Å². The fourth-order valence-corrected chi connectivity index (χ4v) is 3.06. The molecule has 0 unspecified atom stereocenters. The Balaban J connectivity index is 1.90. The molecule has 1 fully saturated rings. The number of hydrogen-bond donors (Lipinski definition) is 1. The molecule has 1 N–H and O–H groups in total. The lowest BCUT2D eigenvalue weighted by atomic mass is 9.87. The number of nitrogens with one attached hydrogen (secondary N) is 1. The molecule has 2 aromatic rings. The molecule has 1 heterocycles. The molecule has 1 aliphatic heterocycles. The monoisotopic (exact) mass is 342 g/mol. The van der Waals surface area contributed by atoms with Gasteiger partial charge in [0, 0.05) is 0 Å². The van der Waals surface area contributed by atoms with E-state index in [2.05, 4.69) is 5.32 Å². The van der Waals surface area contributed by atoms with Gasteiger partial charge in [0.05, 0.1) is 13.7 Å². The number of methoxy groups -OCH3 is 1. The van der Waals surface area contributed by atoms with E-state index in [0.29, 0.717) is 23.3 Å². The summed E-state index contributed by atoms with van der Waals surface area (Å²) in [7, 11) is 1.57. The van der Waals surface area contributed by atoms with Gasteiger partial charge >= 0.3 is 6.03 Å². The molecule has 0 aliphatic carbocycles. The summed E-state index contributed by atoms with van der Waals surface area (Å²) in [5, 5.41) is 2.82. The summed E-state index contributed by atoms with van der Waals surface area (Å²) in [5.74, 6) is 0.00604. The summed E-state index contributed by atoms with van der Waals surface area (Å²) < 4.78 is 18.2. The van der Waals surface area contributed by atoms with Crippen LogP contribution in [0.2, 0.25) is 0 Å². The minimum absolute atomic E-state index is 0.100. The van der Waals surface area contributed by atoms with E-state index in [4.69, 9.17) is 4.74 Å². The Morgan fingerprint density at radius 2 is 1.72 bits per heavy atom. The van der Waals surface area contributed by atoms with Crippen molar-refractivity contribution >= 4 is 11.9 Å². The lowest BCUT2D eigenvalue weighted by Gasteiger charge is -2.26. The van der Waals surface area contributed by atoms with Crippen LogP contribution >= 0.6 is 0 Å². The maximum atomic E-state index is 13.0. The van der Waals surface area contributed by atoms with Crippen LogP contribution in [-0.4, -0.2) is 23.9 Å². The largest absolute Gasteiger partial charge is 0.497 e. The minimum atomic E-state index is -1.09. The van der Waals surface area contributed by atoms with Crippen LogP contribution in [-0.2, 0) is 16.9 Å². The molecule has 5 nitrogen and oxygen atoms in total. The van der Waals surface area contributed by atoms with Gasteiger partial charge in [0.2, 0.25) is 0 Å². The predicted molar refractivity (Wildman–Crippen MR) is 90.4 cm³/mol. The Bertz CT molecular complexity index is 789. The molecule has 3 rings (SSSR count). The first-order valence-electron chi connectivity index (χ1n) is 8.03. The number of carbonyl (C=O) groups excluding carboxylic acids is 2. The number of ether oxygens (including phenoxy) is 1. The number of imide groups is 1. The Hall–Kier alpha value is -2.89. The zero-order chi connectivity index (χ0) is 18.0. The van der Waals surface area contributed by atoms with E-state index in [1.807, 2.05) is 6.92 Å². The molecule has 2 aromatic carbocycles. The third kappa shape index (κ3) is 2.95. The third-order valence-electron chi connectivity index (χ3n) is 4.54. The van der Waals surface area contributed by atoms with Crippen LogP contribution < -0.4 is 10.1 Å². The highest BCUT2D eigenvalue weighted by molar-refractivity contribution is 6.07. The number of urea groups is 1. The first-order chi connectivity index (χ1) is 12.0. The van der Waals surface area contributed by atoms with Crippen LogP contribution in [0.3, 0.4) is 0 Å². The fourth-order valence-electron chi connectivity index (χ4n) is 3.06. The van der Waals surface area contributed by atoms with E-state index in [9.17, 15) is 14.0 Å². The molecule has 0 aromatic heterocycles. The molecule has 1 aliphatic rings. The van der Waals surface area contributed by atoms with Crippen molar-refractivity contribution < 1.29 is 18.7 Å². The molecule has 0 spiro atoms. The van der Waals surface area contributed by atoms with Gasteiger partial charge in [-0.05, 0) is 41.8 Å². The second kappa shape index (κ2) is 6.55. The molecular weight excluding hydrogens is 323 g/mol. The minimum Gasteiger partial charge on any atom is -0.497 e. The van der Waals surface area contributed by atoms with Gasteiger partial charge in [-0.1, -0.05) is 31.2 Å². The van der Waals surface area contributed by atoms with Gasteiger partial charge in [-0.15, -0.1) is 0 Å². The third-order valence-corrected chi connectivity index (χ3v) is 4.54. The standard InChI is InChI=1S/C19H19FN2O3/c1-3-19(14-6-10-16(25-2)11-7-14)17(23)22(18(24)21-19)12-13-4-8-15(20)9-5-13/h4-11H,3,12H2,1-2H3,(H,21,24)/t19-/m0/s1. The van der Waals surface area contributed by atoms with Crippen molar-refractivity contribution in [1.29, 1.82) is 0 Å². The Labute approximate surface area is 145 Å². The second-order valence-corrected chi connectivity index (χ2v) is 5.94. The first-order valence-corrected chi connectivity index (χ1v) is 8.03. The first kappa shape index (κ1) is 17.0. The number of amides is 3. The van der Waals surface area contributed by atoms with Crippen LogP contribution in [0.5, 0.6) is 5.75 Å². The highest BCUT2D eigenvalue weighted by Crippen LogP contribution is 2.34. The summed E-state index contributed by atoms with van der Waals surface area (Å²) in [6.07, 6.45) is 0.420. The molecule has 3 amide bonds. The van der Waals surface area contributed by atoms with E-state index in [1.165, 1.54) is 17.0 Å². The van der Waals surface area contributed by atoms with Crippen LogP contribution in [0.4, 0.5) is 9.18 Å². The molecule has 1 saturated heterocycles. The number of hydrogen-bond acceptors (Lipinski definition) is 3. The lowest BCUT2D eigenvalue weighted by Crippen LogP contribution is -2.43. The van der Waals surface area contributed by atoms with E-state index in [1.54, 1.807) is 43.5 Å². The Morgan fingerprint density at radius 1 is 1.08 bits per heavy atom. The molecule has 130 valence electrons. The predicted octanol–water partition coefficient (Wildman–Crippen LogP) is 3.19. The smallest absolute Gasteiger partial charge is 0.325 e. The molecule has 6 heteroatoms. The summed E-state index contributed by atoms with van der Waals surface area (Å²) in [5.41, 5.74) is 0.297. The van der Waals surface area contributed by atoms with E-state index in [-0.39, 0.29) is 18.3 Å². The van der Waals surface area contributed by atoms with Crippen molar-refractivity contribution in [2.45, 2.75) is 25.4 Å². The van der Waals surface area contributed by atoms with Gasteiger partial charge in [-0.25, -0.2) is 9.18 Å². The van der Waals surface area contributed by atoms with Gasteiger partial charge in [0.15, 0.2) is 0 Å². The fraction of sp³-hybridized carbons (Fsp3) is 0.263. The van der Waals surface area contributed by atoms with Gasteiger partial charge < -0.3 is 10.1 Å². The van der Waals surface area contributed by atoms with Gasteiger partial charge in [0.1, 0.15) is 17.1 Å². The topological polar surface area (TPSA) is 58.6 Å². The van der Waals surface area contributed by atoms with Crippen molar-refractivity contribution in [1.82, 2.24) is 10.2 Å². The lowest BCUT2D eigenvalue weighted by molar-refractivity contribution is -0.132.